The fraction of sp³-hybridized carbons (Fsp3) is 0.316. The average molecular weight is 365 g/mol. The van der Waals surface area contributed by atoms with Gasteiger partial charge in [0, 0.05) is 63.3 Å². The summed E-state index contributed by atoms with van der Waals surface area (Å²) in [6, 6.07) is 4.65. The van der Waals surface area contributed by atoms with Crippen LogP contribution in [-0.4, -0.2) is 45.6 Å². The van der Waals surface area contributed by atoms with Gasteiger partial charge in [-0.25, -0.2) is 29.3 Å². The number of aromatic nitrogens is 5. The smallest absolute Gasteiger partial charge is 0.197 e. The van der Waals surface area contributed by atoms with Gasteiger partial charge in [0.2, 0.25) is 0 Å². The van der Waals surface area contributed by atoms with E-state index in [1.54, 1.807) is 23.4 Å². The Labute approximate surface area is 157 Å². The third kappa shape index (κ3) is 3.30. The lowest BCUT2D eigenvalue weighted by Gasteiger charge is -2.35. The number of pyridine rings is 1. The van der Waals surface area contributed by atoms with E-state index in [4.69, 9.17) is 0 Å². The number of rotatable bonds is 3. The van der Waals surface area contributed by atoms with E-state index in [0.29, 0.717) is 29.8 Å². The molecule has 3 aromatic rings. The van der Waals surface area contributed by atoms with Crippen molar-refractivity contribution < 1.29 is 4.39 Å². The first-order valence-corrected chi connectivity index (χ1v) is 8.77. The van der Waals surface area contributed by atoms with Gasteiger partial charge in [0.05, 0.1) is 11.7 Å². The fourth-order valence-electron chi connectivity index (χ4n) is 3.25. The third-order valence-electron chi connectivity index (χ3n) is 4.69. The summed E-state index contributed by atoms with van der Waals surface area (Å²) in [7, 11) is 3.70. The Kier molecular flexibility index (Phi) is 4.39. The summed E-state index contributed by atoms with van der Waals surface area (Å²) >= 11 is 0. The van der Waals surface area contributed by atoms with E-state index in [9.17, 15) is 4.39 Å². The maximum atomic E-state index is 14.1. The zero-order chi connectivity index (χ0) is 19.0. The van der Waals surface area contributed by atoms with E-state index in [0.717, 1.165) is 17.7 Å². The number of hydrogen-bond acceptors (Lipinski definition) is 7. The molecule has 0 bridgehead atoms. The number of halogens is 1. The molecule has 1 aliphatic rings. The van der Waals surface area contributed by atoms with E-state index >= 15 is 0 Å². The summed E-state index contributed by atoms with van der Waals surface area (Å²) in [5.74, 6) is 1.95. The molecular weight excluding hydrogens is 345 g/mol. The fourth-order valence-corrected chi connectivity index (χ4v) is 3.25. The second-order valence-electron chi connectivity index (χ2n) is 6.68. The lowest BCUT2D eigenvalue weighted by atomic mass is 9.99. The molecule has 0 amide bonds. The summed E-state index contributed by atoms with van der Waals surface area (Å²) in [5, 5.41) is 0. The molecule has 1 aliphatic heterocycles. The van der Waals surface area contributed by atoms with Gasteiger partial charge in [-0.2, -0.15) is 0 Å². The van der Waals surface area contributed by atoms with E-state index < -0.39 is 0 Å². The maximum absolute atomic E-state index is 14.1. The molecule has 4 heterocycles. The first kappa shape index (κ1) is 17.3. The maximum Gasteiger partial charge on any atom is 0.197 e. The second-order valence-corrected chi connectivity index (χ2v) is 6.68. The molecular formula is C19H20FN7. The Morgan fingerprint density at radius 3 is 2.59 bits per heavy atom. The Bertz CT molecular complexity index is 962. The van der Waals surface area contributed by atoms with Crippen LogP contribution in [0.15, 0.2) is 36.8 Å². The summed E-state index contributed by atoms with van der Waals surface area (Å²) in [6.45, 7) is 2.76. The van der Waals surface area contributed by atoms with Crippen molar-refractivity contribution in [1.82, 2.24) is 24.9 Å². The molecule has 8 heteroatoms. The lowest BCUT2D eigenvalue weighted by molar-refractivity contribution is 0.590. The molecule has 7 nitrogen and oxygen atoms in total. The Morgan fingerprint density at radius 2 is 1.85 bits per heavy atom. The zero-order valence-corrected chi connectivity index (χ0v) is 15.5. The predicted molar refractivity (Wildman–Crippen MR) is 101 cm³/mol. The van der Waals surface area contributed by atoms with Gasteiger partial charge in [-0.15, -0.1) is 0 Å². The minimum absolute atomic E-state index is 0.0104. The molecule has 0 saturated heterocycles. The van der Waals surface area contributed by atoms with Crippen molar-refractivity contribution in [3.05, 3.63) is 53.9 Å². The van der Waals surface area contributed by atoms with Gasteiger partial charge in [-0.1, -0.05) is 0 Å². The third-order valence-corrected chi connectivity index (χ3v) is 4.69. The standard InChI is InChI=1S/C19H20FN7/c1-12-14-11-23-19(18-21-6-4-7-22-18)24-15(14)5-8-27(12)17-10-13(20)9-16(25-17)26(2)3/h4,6-7,9-12H,5,8H2,1-3H3/t12-/m0/s1. The van der Waals surface area contributed by atoms with E-state index in [1.807, 2.05) is 20.3 Å². The molecule has 0 saturated carbocycles. The molecule has 138 valence electrons. The van der Waals surface area contributed by atoms with Crippen LogP contribution in [0.3, 0.4) is 0 Å². The van der Waals surface area contributed by atoms with Crippen LogP contribution in [0, 0.1) is 5.82 Å². The van der Waals surface area contributed by atoms with E-state index in [1.165, 1.54) is 12.1 Å². The van der Waals surface area contributed by atoms with Crippen LogP contribution in [0.4, 0.5) is 16.0 Å². The van der Waals surface area contributed by atoms with Gasteiger partial charge in [-0.05, 0) is 13.0 Å². The van der Waals surface area contributed by atoms with Crippen molar-refractivity contribution >= 4 is 11.6 Å². The highest BCUT2D eigenvalue weighted by atomic mass is 19.1. The van der Waals surface area contributed by atoms with Crippen molar-refractivity contribution in [3.8, 4) is 11.6 Å². The summed E-state index contributed by atoms with van der Waals surface area (Å²) < 4.78 is 14.1. The number of anilines is 2. The number of hydrogen-bond donors (Lipinski definition) is 0. The molecule has 0 spiro atoms. The molecule has 0 aromatic carbocycles. The minimum atomic E-state index is -0.297. The Morgan fingerprint density at radius 1 is 1.07 bits per heavy atom. The lowest BCUT2D eigenvalue weighted by Crippen LogP contribution is -2.35. The van der Waals surface area contributed by atoms with Gasteiger partial charge < -0.3 is 9.80 Å². The monoisotopic (exact) mass is 365 g/mol. The Hall–Kier alpha value is -3.16. The summed E-state index contributed by atoms with van der Waals surface area (Å²) in [6.07, 6.45) is 5.88. The normalized spacial score (nSPS) is 16.1. The molecule has 1 atom stereocenters. The van der Waals surface area contributed by atoms with Crippen LogP contribution < -0.4 is 9.80 Å². The van der Waals surface area contributed by atoms with Crippen molar-refractivity contribution in [3.63, 3.8) is 0 Å². The van der Waals surface area contributed by atoms with E-state index in [-0.39, 0.29) is 11.9 Å². The largest absolute Gasteiger partial charge is 0.363 e. The van der Waals surface area contributed by atoms with Crippen molar-refractivity contribution in [2.24, 2.45) is 0 Å². The van der Waals surface area contributed by atoms with Gasteiger partial charge in [0.1, 0.15) is 17.5 Å². The van der Waals surface area contributed by atoms with E-state index in [2.05, 4.69) is 36.7 Å². The average Bonchev–Trinajstić information content (AvgIpc) is 2.68. The van der Waals surface area contributed by atoms with Gasteiger partial charge >= 0.3 is 0 Å². The highest BCUT2D eigenvalue weighted by molar-refractivity contribution is 5.52. The van der Waals surface area contributed by atoms with Crippen LogP contribution >= 0.6 is 0 Å². The minimum Gasteiger partial charge on any atom is -0.363 e. The van der Waals surface area contributed by atoms with Gasteiger partial charge in [0.25, 0.3) is 0 Å². The molecule has 0 unspecified atom stereocenters. The first-order valence-electron chi connectivity index (χ1n) is 8.77. The molecule has 27 heavy (non-hydrogen) atoms. The summed E-state index contributed by atoms with van der Waals surface area (Å²) in [5.41, 5.74) is 1.99. The zero-order valence-electron chi connectivity index (χ0n) is 15.5. The topological polar surface area (TPSA) is 70.9 Å². The van der Waals surface area contributed by atoms with Crippen molar-refractivity contribution in [2.75, 3.05) is 30.4 Å². The van der Waals surface area contributed by atoms with Crippen LogP contribution in [0.25, 0.3) is 11.6 Å². The van der Waals surface area contributed by atoms with Crippen LogP contribution in [0.2, 0.25) is 0 Å². The van der Waals surface area contributed by atoms with Crippen LogP contribution in [-0.2, 0) is 6.42 Å². The van der Waals surface area contributed by atoms with Crippen LogP contribution in [0.1, 0.15) is 24.2 Å². The molecule has 4 rings (SSSR count). The first-order chi connectivity index (χ1) is 13.0. The Balaban J connectivity index is 1.67. The summed E-state index contributed by atoms with van der Waals surface area (Å²) in [4.78, 5) is 26.0. The molecule has 0 fully saturated rings. The van der Waals surface area contributed by atoms with Crippen molar-refractivity contribution in [2.45, 2.75) is 19.4 Å². The molecule has 0 aliphatic carbocycles. The second kappa shape index (κ2) is 6.86. The number of fused-ring (bicyclic) bond motifs is 1. The molecule has 3 aromatic heterocycles. The number of nitrogens with zero attached hydrogens (tertiary/aromatic N) is 7. The SMILES string of the molecule is C[C@H]1c2cnc(-c3ncccn3)nc2CCN1c1cc(F)cc(N(C)C)n1. The van der Waals surface area contributed by atoms with Gasteiger partial charge in [-0.3, -0.25) is 0 Å². The van der Waals surface area contributed by atoms with Crippen molar-refractivity contribution in [1.29, 1.82) is 0 Å². The molecule has 0 N–H and O–H groups in total. The predicted octanol–water partition coefficient (Wildman–Crippen LogP) is 2.66. The quantitative estimate of drug-likeness (QED) is 0.707. The highest BCUT2D eigenvalue weighted by Gasteiger charge is 2.27. The van der Waals surface area contributed by atoms with Crippen LogP contribution in [0.5, 0.6) is 0 Å². The highest BCUT2D eigenvalue weighted by Crippen LogP contribution is 2.33. The molecule has 0 radical (unpaired) electrons. The van der Waals surface area contributed by atoms with Gasteiger partial charge in [0.15, 0.2) is 11.6 Å².